The van der Waals surface area contributed by atoms with Crippen molar-refractivity contribution in [3.63, 3.8) is 0 Å². The lowest BCUT2D eigenvalue weighted by atomic mass is 9.95. The van der Waals surface area contributed by atoms with Gasteiger partial charge in [0.1, 0.15) is 17.4 Å². The van der Waals surface area contributed by atoms with Crippen molar-refractivity contribution in [2.45, 2.75) is 32.9 Å². The minimum atomic E-state index is -0.431. The third kappa shape index (κ3) is 7.20. The molecule has 2 aromatic carbocycles. The fraction of sp³-hybridized carbons (Fsp3) is 0.276. The number of carbonyl (C=O) groups excluding carboxylic acids is 2. The summed E-state index contributed by atoms with van der Waals surface area (Å²) in [6.07, 6.45) is 5.46. The number of aliphatic hydroxyl groups excluding tert-OH is 1. The minimum Gasteiger partial charge on any atom is -0.496 e. The number of methoxy groups -OCH3 is 1. The number of rotatable bonds is 10. The number of halogens is 1. The Bertz CT molecular complexity index is 1340. The molecule has 0 aromatic heterocycles. The highest BCUT2D eigenvalue weighted by atomic mass is 19.1. The number of allylic oxidation sites excluding steroid dienone is 3. The molecule has 6 N–H and O–H groups in total. The maximum atomic E-state index is 13.3. The van der Waals surface area contributed by atoms with E-state index in [1.54, 1.807) is 43.0 Å². The number of aliphatic hydroxyl groups is 1. The first-order chi connectivity index (χ1) is 19.1. The van der Waals surface area contributed by atoms with Crippen LogP contribution in [-0.4, -0.2) is 59.0 Å². The van der Waals surface area contributed by atoms with Crippen LogP contribution in [0, 0.1) is 11.2 Å². The minimum absolute atomic E-state index is 0.0779. The quantitative estimate of drug-likeness (QED) is 0.101. The maximum absolute atomic E-state index is 13.3. The van der Waals surface area contributed by atoms with Crippen LogP contribution in [0.15, 0.2) is 72.5 Å². The molecule has 3 rings (SSSR count). The van der Waals surface area contributed by atoms with Crippen molar-refractivity contribution in [2.24, 2.45) is 5.84 Å². The van der Waals surface area contributed by atoms with Crippen LogP contribution in [0.3, 0.4) is 0 Å². The molecule has 10 nitrogen and oxygen atoms in total. The van der Waals surface area contributed by atoms with Gasteiger partial charge in [-0.3, -0.25) is 25.8 Å². The van der Waals surface area contributed by atoms with Crippen LogP contribution in [0.5, 0.6) is 5.75 Å². The van der Waals surface area contributed by atoms with Gasteiger partial charge in [0, 0.05) is 24.4 Å². The maximum Gasteiger partial charge on any atom is 0.259 e. The summed E-state index contributed by atoms with van der Waals surface area (Å²) in [5.74, 6) is 4.90. The number of nitrogens with zero attached hydrogens (tertiary/aromatic N) is 2. The second-order valence-electron chi connectivity index (χ2n) is 9.37. The molecule has 1 atom stereocenters. The van der Waals surface area contributed by atoms with Crippen molar-refractivity contribution >= 4 is 17.6 Å². The number of fused-ring (bicyclic) bond motifs is 1. The van der Waals surface area contributed by atoms with Gasteiger partial charge in [-0.2, -0.15) is 5.53 Å². The first-order valence-electron chi connectivity index (χ1n) is 12.6. The average molecular weight is 551 g/mol. The number of carbonyl (C=O) groups is 2. The monoisotopic (exact) mass is 550 g/mol. The molecule has 1 heterocycles. The third-order valence-corrected chi connectivity index (χ3v) is 6.53. The molecular weight excluding hydrogens is 515 g/mol. The molecule has 2 amide bonds. The lowest BCUT2D eigenvalue weighted by Gasteiger charge is -2.30. The Kier molecular flexibility index (Phi) is 10.3. The summed E-state index contributed by atoms with van der Waals surface area (Å²) in [5.41, 5.74) is 5.75. The zero-order valence-electron chi connectivity index (χ0n) is 22.8. The standard InChI is InChI=1S/C29H35FN6O4/c1-18(27(31)36(34-32)20(3)17-37)6-5-7-19(2)33-28(38)25-14-23-16-35(13-12-22(23)15-26(25)40-4)29(39)21-8-10-24(30)11-9-21/h5-11,14-15,20,31,34,37H,2,12-13,16-17,32H2,1,3-4H3,(H,33,38)/b7-5-,18-6+,31-27?. The molecule has 11 heteroatoms. The van der Waals surface area contributed by atoms with E-state index in [9.17, 15) is 19.1 Å². The van der Waals surface area contributed by atoms with Crippen molar-refractivity contribution in [3.05, 3.63) is 101 Å². The van der Waals surface area contributed by atoms with Gasteiger partial charge in [0.15, 0.2) is 0 Å². The molecule has 0 saturated heterocycles. The van der Waals surface area contributed by atoms with E-state index in [1.165, 1.54) is 36.4 Å². The summed E-state index contributed by atoms with van der Waals surface area (Å²) in [4.78, 5) is 27.7. The molecule has 212 valence electrons. The van der Waals surface area contributed by atoms with Crippen LogP contribution in [-0.2, 0) is 13.0 Å². The van der Waals surface area contributed by atoms with E-state index in [2.05, 4.69) is 17.4 Å². The average Bonchev–Trinajstić information content (AvgIpc) is 2.96. The normalized spacial score (nSPS) is 13.9. The molecule has 0 aliphatic carbocycles. The largest absolute Gasteiger partial charge is 0.496 e. The summed E-state index contributed by atoms with van der Waals surface area (Å²) < 4.78 is 18.7. The van der Waals surface area contributed by atoms with Crippen LogP contribution in [0.1, 0.15) is 45.7 Å². The van der Waals surface area contributed by atoms with Crippen LogP contribution in [0.25, 0.3) is 0 Å². The number of nitrogens with one attached hydrogen (secondary N) is 3. The van der Waals surface area contributed by atoms with Crippen LogP contribution >= 0.6 is 0 Å². The highest BCUT2D eigenvalue weighted by molar-refractivity contribution is 5.99. The SMILES string of the molecule is C=C(/C=C\C=C(/C)C(=N)N(NN)C(C)CO)NC(=O)c1cc2c(cc1OC)CCN(C(=O)c1ccc(F)cc1)C2. The Labute approximate surface area is 233 Å². The van der Waals surface area contributed by atoms with E-state index < -0.39 is 17.8 Å². The molecule has 40 heavy (non-hydrogen) atoms. The molecule has 0 fully saturated rings. The van der Waals surface area contributed by atoms with Crippen LogP contribution in [0.4, 0.5) is 4.39 Å². The summed E-state index contributed by atoms with van der Waals surface area (Å²) >= 11 is 0. The molecule has 0 radical (unpaired) electrons. The van der Waals surface area contributed by atoms with Gasteiger partial charge in [-0.25, -0.2) is 4.39 Å². The van der Waals surface area contributed by atoms with Crippen molar-refractivity contribution < 1.29 is 23.8 Å². The number of hydrazine groups is 2. The van der Waals surface area contributed by atoms with Gasteiger partial charge < -0.3 is 20.1 Å². The molecule has 1 unspecified atom stereocenters. The van der Waals surface area contributed by atoms with Gasteiger partial charge in [-0.05, 0) is 79.4 Å². The molecule has 2 aromatic rings. The Hall–Kier alpha value is -4.32. The van der Waals surface area contributed by atoms with Gasteiger partial charge in [0.05, 0.1) is 25.3 Å². The molecular formula is C29H35FN6O4. The van der Waals surface area contributed by atoms with E-state index in [1.807, 2.05) is 6.07 Å². The third-order valence-electron chi connectivity index (χ3n) is 6.53. The highest BCUT2D eigenvalue weighted by Crippen LogP contribution is 2.29. The summed E-state index contributed by atoms with van der Waals surface area (Å²) in [6, 6.07) is 8.55. The summed E-state index contributed by atoms with van der Waals surface area (Å²) in [7, 11) is 1.49. The number of ether oxygens (including phenoxy) is 1. The number of amidine groups is 1. The van der Waals surface area contributed by atoms with E-state index in [0.717, 1.165) is 11.1 Å². The molecule has 1 aliphatic rings. The van der Waals surface area contributed by atoms with Crippen molar-refractivity contribution in [3.8, 4) is 5.75 Å². The summed E-state index contributed by atoms with van der Waals surface area (Å²) in [6.45, 7) is 7.90. The Morgan fingerprint density at radius 3 is 2.62 bits per heavy atom. The Morgan fingerprint density at radius 1 is 1.30 bits per heavy atom. The van der Waals surface area contributed by atoms with Crippen LogP contribution in [0.2, 0.25) is 0 Å². The van der Waals surface area contributed by atoms with Crippen molar-refractivity contribution in [1.82, 2.24) is 20.8 Å². The fourth-order valence-electron chi connectivity index (χ4n) is 4.21. The number of nitrogens with two attached hydrogens (primary N) is 1. The number of hydrogen-bond acceptors (Lipinski definition) is 7. The Morgan fingerprint density at radius 2 is 2.00 bits per heavy atom. The van der Waals surface area contributed by atoms with E-state index in [4.69, 9.17) is 16.0 Å². The fourth-order valence-corrected chi connectivity index (χ4v) is 4.21. The predicted octanol–water partition coefficient (Wildman–Crippen LogP) is 2.82. The van der Waals surface area contributed by atoms with Crippen LogP contribution < -0.4 is 21.4 Å². The van der Waals surface area contributed by atoms with Gasteiger partial charge in [-0.1, -0.05) is 18.7 Å². The Balaban J connectivity index is 1.71. The predicted molar refractivity (Wildman–Crippen MR) is 151 cm³/mol. The smallest absolute Gasteiger partial charge is 0.259 e. The van der Waals surface area contributed by atoms with Crippen molar-refractivity contribution in [2.75, 3.05) is 20.3 Å². The lowest BCUT2D eigenvalue weighted by Crippen LogP contribution is -2.53. The summed E-state index contributed by atoms with van der Waals surface area (Å²) in [5, 5.41) is 21.6. The van der Waals surface area contributed by atoms with E-state index in [0.29, 0.717) is 47.7 Å². The van der Waals surface area contributed by atoms with Gasteiger partial charge in [-0.15, -0.1) is 0 Å². The van der Waals surface area contributed by atoms with Gasteiger partial charge >= 0.3 is 0 Å². The number of benzene rings is 2. The van der Waals surface area contributed by atoms with E-state index in [-0.39, 0.29) is 18.3 Å². The van der Waals surface area contributed by atoms with E-state index >= 15 is 0 Å². The topological polar surface area (TPSA) is 144 Å². The zero-order chi connectivity index (χ0) is 29.4. The first-order valence-corrected chi connectivity index (χ1v) is 12.6. The molecule has 0 bridgehead atoms. The zero-order valence-corrected chi connectivity index (χ0v) is 22.8. The lowest BCUT2D eigenvalue weighted by molar-refractivity contribution is 0.0734. The first kappa shape index (κ1) is 30.2. The van der Waals surface area contributed by atoms with Gasteiger partial charge in [0.2, 0.25) is 0 Å². The van der Waals surface area contributed by atoms with Crippen molar-refractivity contribution in [1.29, 1.82) is 5.41 Å². The molecule has 1 aliphatic heterocycles. The highest BCUT2D eigenvalue weighted by Gasteiger charge is 2.25. The molecule has 0 spiro atoms. The number of hydrogen-bond donors (Lipinski definition) is 5. The van der Waals surface area contributed by atoms with Gasteiger partial charge in [0.25, 0.3) is 11.8 Å². The second-order valence-corrected chi connectivity index (χ2v) is 9.37. The second kappa shape index (κ2) is 13.7. The number of amides is 2. The molecule has 0 saturated carbocycles.